The predicted molar refractivity (Wildman–Crippen MR) is 131 cm³/mol. The lowest BCUT2D eigenvalue weighted by atomic mass is 9.97. The standard InChI is InChI=1S/C27H36N2O5/c1-5-20(4)24(29-27(32)34-18-22-14-10-7-11-15-22)25(30)28-23(16-19(2)3)26(31)33-17-21-12-8-6-9-13-21/h6-15,19-20,23-24H,5,16-18H2,1-4H3,(H,28,30)(H,29,32)/t20?,23-,24?/m0/s1. The minimum absolute atomic E-state index is 0.101. The fourth-order valence-electron chi connectivity index (χ4n) is 3.37. The number of carbonyl (C=O) groups excluding carboxylic acids is 3. The van der Waals surface area contributed by atoms with E-state index in [1.54, 1.807) is 0 Å². The summed E-state index contributed by atoms with van der Waals surface area (Å²) in [5.41, 5.74) is 1.71. The third-order valence-electron chi connectivity index (χ3n) is 5.51. The van der Waals surface area contributed by atoms with E-state index in [4.69, 9.17) is 9.47 Å². The lowest BCUT2D eigenvalue weighted by Gasteiger charge is -2.26. The molecule has 2 aromatic rings. The molecule has 2 rings (SSSR count). The molecule has 3 atom stereocenters. The maximum absolute atomic E-state index is 13.1. The van der Waals surface area contributed by atoms with Crippen molar-refractivity contribution in [3.63, 3.8) is 0 Å². The molecule has 34 heavy (non-hydrogen) atoms. The van der Waals surface area contributed by atoms with E-state index in [2.05, 4.69) is 10.6 Å². The molecule has 0 bridgehead atoms. The number of alkyl carbamates (subject to hydrolysis) is 1. The van der Waals surface area contributed by atoms with Gasteiger partial charge in [0, 0.05) is 0 Å². The number of ether oxygens (including phenoxy) is 2. The van der Waals surface area contributed by atoms with Gasteiger partial charge in [-0.1, -0.05) is 94.8 Å². The van der Waals surface area contributed by atoms with Gasteiger partial charge < -0.3 is 20.1 Å². The minimum atomic E-state index is -0.843. The van der Waals surface area contributed by atoms with E-state index in [-0.39, 0.29) is 25.0 Å². The number of hydrogen-bond donors (Lipinski definition) is 2. The van der Waals surface area contributed by atoms with Gasteiger partial charge in [0.05, 0.1) is 0 Å². The molecule has 0 heterocycles. The average molecular weight is 469 g/mol. The SMILES string of the molecule is CCC(C)C(NC(=O)OCc1ccccc1)C(=O)N[C@@H](CC(C)C)C(=O)OCc1ccccc1. The average Bonchev–Trinajstić information content (AvgIpc) is 2.84. The van der Waals surface area contributed by atoms with Crippen molar-refractivity contribution < 1.29 is 23.9 Å². The van der Waals surface area contributed by atoms with Crippen LogP contribution in [0.3, 0.4) is 0 Å². The molecule has 0 aliphatic carbocycles. The molecule has 2 unspecified atom stereocenters. The maximum Gasteiger partial charge on any atom is 0.408 e. The molecule has 2 N–H and O–H groups in total. The minimum Gasteiger partial charge on any atom is -0.459 e. The summed E-state index contributed by atoms with van der Waals surface area (Å²) in [6.45, 7) is 7.96. The van der Waals surface area contributed by atoms with Crippen LogP contribution in [0.25, 0.3) is 0 Å². The topological polar surface area (TPSA) is 93.7 Å². The molecule has 2 amide bonds. The van der Waals surface area contributed by atoms with Gasteiger partial charge in [0.2, 0.25) is 5.91 Å². The summed E-state index contributed by atoms with van der Waals surface area (Å²) in [5.74, 6) is -0.946. The van der Waals surface area contributed by atoms with Gasteiger partial charge >= 0.3 is 12.1 Å². The molecule has 2 aromatic carbocycles. The highest BCUT2D eigenvalue weighted by molar-refractivity contribution is 5.89. The zero-order chi connectivity index (χ0) is 24.9. The lowest BCUT2D eigenvalue weighted by Crippen LogP contribution is -2.54. The third kappa shape index (κ3) is 9.25. The van der Waals surface area contributed by atoms with Crippen molar-refractivity contribution in [1.82, 2.24) is 10.6 Å². The second-order valence-corrected chi connectivity index (χ2v) is 8.85. The van der Waals surface area contributed by atoms with Crippen molar-refractivity contribution in [3.8, 4) is 0 Å². The molecule has 0 fully saturated rings. The molecule has 0 spiro atoms. The second kappa shape index (κ2) is 14.0. The molecule has 0 radical (unpaired) electrons. The number of hydrogen-bond acceptors (Lipinski definition) is 5. The largest absolute Gasteiger partial charge is 0.459 e. The Morgan fingerprint density at radius 3 is 1.82 bits per heavy atom. The quantitative estimate of drug-likeness (QED) is 0.444. The van der Waals surface area contributed by atoms with E-state index in [0.717, 1.165) is 11.1 Å². The Morgan fingerprint density at radius 1 is 0.794 bits per heavy atom. The van der Waals surface area contributed by atoms with E-state index < -0.39 is 30.1 Å². The zero-order valence-electron chi connectivity index (χ0n) is 20.5. The fraction of sp³-hybridized carbons (Fsp3) is 0.444. The van der Waals surface area contributed by atoms with Crippen LogP contribution in [0.1, 0.15) is 51.7 Å². The van der Waals surface area contributed by atoms with Gasteiger partial charge in [0.15, 0.2) is 0 Å². The number of benzene rings is 2. The smallest absolute Gasteiger partial charge is 0.408 e. The van der Waals surface area contributed by atoms with Crippen LogP contribution in [0.4, 0.5) is 4.79 Å². The van der Waals surface area contributed by atoms with Gasteiger partial charge in [-0.25, -0.2) is 9.59 Å². The molecule has 7 heteroatoms. The van der Waals surface area contributed by atoms with Crippen molar-refractivity contribution in [2.75, 3.05) is 0 Å². The highest BCUT2D eigenvalue weighted by Crippen LogP contribution is 2.13. The number of esters is 1. The van der Waals surface area contributed by atoms with E-state index in [0.29, 0.717) is 12.8 Å². The van der Waals surface area contributed by atoms with Gasteiger partial charge in [-0.15, -0.1) is 0 Å². The predicted octanol–water partition coefficient (Wildman–Crippen LogP) is 4.60. The van der Waals surface area contributed by atoms with E-state index in [9.17, 15) is 14.4 Å². The second-order valence-electron chi connectivity index (χ2n) is 8.85. The van der Waals surface area contributed by atoms with Crippen LogP contribution in [0.5, 0.6) is 0 Å². The first-order valence-corrected chi connectivity index (χ1v) is 11.8. The molecule has 7 nitrogen and oxygen atoms in total. The Balaban J connectivity index is 2.00. The van der Waals surface area contributed by atoms with E-state index in [1.165, 1.54) is 0 Å². The Bertz CT molecular complexity index is 902. The van der Waals surface area contributed by atoms with Crippen LogP contribution < -0.4 is 10.6 Å². The van der Waals surface area contributed by atoms with Crippen LogP contribution >= 0.6 is 0 Å². The first kappa shape index (κ1) is 26.9. The Kier molecular flexibility index (Phi) is 11.1. The number of rotatable bonds is 12. The molecular formula is C27H36N2O5. The summed E-state index contributed by atoms with van der Waals surface area (Å²) in [4.78, 5) is 38.3. The molecule has 184 valence electrons. The van der Waals surface area contributed by atoms with Crippen molar-refractivity contribution in [1.29, 1.82) is 0 Å². The highest BCUT2D eigenvalue weighted by atomic mass is 16.5. The summed E-state index contributed by atoms with van der Waals surface area (Å²) in [5, 5.41) is 5.46. The molecular weight excluding hydrogens is 432 g/mol. The Hall–Kier alpha value is -3.35. The third-order valence-corrected chi connectivity index (χ3v) is 5.51. The summed E-state index contributed by atoms with van der Waals surface area (Å²) in [6, 6.07) is 17.0. The van der Waals surface area contributed by atoms with Crippen LogP contribution in [0, 0.1) is 11.8 Å². The molecule has 0 aliphatic heterocycles. The Labute approximate surface area is 202 Å². The normalized spacial score (nSPS) is 13.4. The van der Waals surface area contributed by atoms with E-state index >= 15 is 0 Å². The summed E-state index contributed by atoms with van der Waals surface area (Å²) >= 11 is 0. The van der Waals surface area contributed by atoms with Crippen molar-refractivity contribution >= 4 is 18.0 Å². The summed E-state index contributed by atoms with van der Waals surface area (Å²) in [7, 11) is 0. The van der Waals surface area contributed by atoms with E-state index in [1.807, 2.05) is 88.4 Å². The molecule has 0 aromatic heterocycles. The van der Waals surface area contributed by atoms with Gasteiger partial charge in [0.1, 0.15) is 25.3 Å². The highest BCUT2D eigenvalue weighted by Gasteiger charge is 2.31. The van der Waals surface area contributed by atoms with Gasteiger partial charge in [-0.2, -0.15) is 0 Å². The van der Waals surface area contributed by atoms with Gasteiger partial charge in [-0.05, 0) is 29.4 Å². The summed E-state index contributed by atoms with van der Waals surface area (Å²) < 4.78 is 10.7. The van der Waals surface area contributed by atoms with Crippen molar-refractivity contribution in [2.24, 2.45) is 11.8 Å². The lowest BCUT2D eigenvalue weighted by molar-refractivity contribution is -0.150. The van der Waals surface area contributed by atoms with Crippen molar-refractivity contribution in [3.05, 3.63) is 71.8 Å². The Morgan fingerprint density at radius 2 is 1.32 bits per heavy atom. The first-order valence-electron chi connectivity index (χ1n) is 11.8. The number of carbonyl (C=O) groups is 3. The zero-order valence-corrected chi connectivity index (χ0v) is 20.5. The number of nitrogens with one attached hydrogen (secondary N) is 2. The fourth-order valence-corrected chi connectivity index (χ4v) is 3.37. The van der Waals surface area contributed by atoms with Crippen LogP contribution in [0.2, 0.25) is 0 Å². The monoisotopic (exact) mass is 468 g/mol. The maximum atomic E-state index is 13.1. The van der Waals surface area contributed by atoms with Gasteiger partial charge in [0.25, 0.3) is 0 Å². The molecule has 0 saturated carbocycles. The van der Waals surface area contributed by atoms with Crippen LogP contribution in [-0.4, -0.2) is 30.1 Å². The van der Waals surface area contributed by atoms with Crippen LogP contribution in [0.15, 0.2) is 60.7 Å². The van der Waals surface area contributed by atoms with Crippen LogP contribution in [-0.2, 0) is 32.3 Å². The molecule has 0 aliphatic rings. The van der Waals surface area contributed by atoms with Crippen molar-refractivity contribution in [2.45, 2.75) is 65.8 Å². The summed E-state index contributed by atoms with van der Waals surface area (Å²) in [6.07, 6.45) is 0.395. The first-order chi connectivity index (χ1) is 16.3. The molecule has 0 saturated heterocycles. The number of amides is 2. The van der Waals surface area contributed by atoms with Gasteiger partial charge in [-0.3, -0.25) is 4.79 Å².